The Hall–Kier alpha value is -0.590. The van der Waals surface area contributed by atoms with Crippen molar-refractivity contribution in [1.29, 1.82) is 0 Å². The smallest absolute Gasteiger partial charge is 0.225 e. The number of hydrogen-bond acceptors (Lipinski definition) is 1. The van der Waals surface area contributed by atoms with Crippen LogP contribution in [0.3, 0.4) is 0 Å². The van der Waals surface area contributed by atoms with Crippen molar-refractivity contribution in [3.8, 4) is 0 Å². The zero-order valence-electron chi connectivity index (χ0n) is 8.72. The number of unbranched alkanes of at least 4 members (excludes halogenated alkanes) is 7. The third kappa shape index (κ3) is 11.4. The Morgan fingerprint density at radius 2 is 1.62 bits per heavy atom. The van der Waals surface area contributed by atoms with Gasteiger partial charge in [-0.05, 0) is 18.9 Å². The minimum atomic E-state index is 1.03. The second-order valence-electron chi connectivity index (χ2n) is 3.43. The van der Waals surface area contributed by atoms with E-state index < -0.39 is 0 Å². The van der Waals surface area contributed by atoms with Crippen molar-refractivity contribution < 1.29 is 4.79 Å². The molecule has 0 saturated heterocycles. The van der Waals surface area contributed by atoms with Gasteiger partial charge in [0.2, 0.25) is 6.29 Å². The highest BCUT2D eigenvalue weighted by molar-refractivity contribution is 5.65. The lowest BCUT2D eigenvalue weighted by Gasteiger charge is -1.98. The van der Waals surface area contributed by atoms with E-state index in [1.807, 2.05) is 6.08 Å². The molecule has 0 N–H and O–H groups in total. The second kappa shape index (κ2) is 11.4. The Bertz CT molecular complexity index is 127. The Morgan fingerprint density at radius 3 is 2.23 bits per heavy atom. The average Bonchev–Trinajstić information content (AvgIpc) is 2.16. The van der Waals surface area contributed by atoms with E-state index in [0.29, 0.717) is 0 Å². The average molecular weight is 181 g/mol. The van der Waals surface area contributed by atoms with Gasteiger partial charge in [-0.3, -0.25) is 4.79 Å². The molecule has 0 aromatic heterocycles. The van der Waals surface area contributed by atoms with E-state index in [9.17, 15) is 4.79 Å². The molecule has 0 saturated carbocycles. The Kier molecular flexibility index (Phi) is 10.9. The van der Waals surface area contributed by atoms with Crippen LogP contribution in [0.1, 0.15) is 58.3 Å². The highest BCUT2D eigenvalue weighted by Gasteiger charge is 1.88. The van der Waals surface area contributed by atoms with E-state index in [1.165, 1.54) is 51.0 Å². The molecule has 0 heterocycles. The second-order valence-corrected chi connectivity index (χ2v) is 3.43. The van der Waals surface area contributed by atoms with Crippen molar-refractivity contribution in [2.24, 2.45) is 0 Å². The largest absolute Gasteiger partial charge is 0.286 e. The maximum Gasteiger partial charge on any atom is 0.225 e. The van der Waals surface area contributed by atoms with Crippen LogP contribution in [-0.2, 0) is 4.79 Å². The highest BCUT2D eigenvalue weighted by Crippen LogP contribution is 2.08. The third-order valence-electron chi connectivity index (χ3n) is 2.16. The van der Waals surface area contributed by atoms with Gasteiger partial charge in [0.15, 0.2) is 0 Å². The lowest BCUT2D eigenvalue weighted by molar-refractivity contribution is 0.564. The number of allylic oxidation sites excluding steroid dienone is 2. The van der Waals surface area contributed by atoms with Crippen LogP contribution < -0.4 is 0 Å². The first kappa shape index (κ1) is 12.4. The maximum absolute atomic E-state index is 9.80. The van der Waals surface area contributed by atoms with Gasteiger partial charge in [-0.1, -0.05) is 51.5 Å². The fraction of sp³-hybridized carbons (Fsp3) is 0.750. The van der Waals surface area contributed by atoms with Gasteiger partial charge in [0, 0.05) is 0 Å². The first-order valence-electron chi connectivity index (χ1n) is 5.44. The highest BCUT2D eigenvalue weighted by atomic mass is 16.1. The van der Waals surface area contributed by atoms with Gasteiger partial charge in [-0.2, -0.15) is 0 Å². The molecule has 1 heteroatoms. The molecule has 0 bridgehead atoms. The monoisotopic (exact) mass is 181 g/mol. The molecule has 1 radical (unpaired) electrons. The Labute approximate surface area is 82.2 Å². The third-order valence-corrected chi connectivity index (χ3v) is 2.16. The molecule has 75 valence electrons. The van der Waals surface area contributed by atoms with Crippen molar-refractivity contribution in [2.75, 3.05) is 0 Å². The number of hydrogen-bond donors (Lipinski definition) is 0. The summed E-state index contributed by atoms with van der Waals surface area (Å²) in [5, 5.41) is 0. The molecular weight excluding hydrogens is 160 g/mol. The van der Waals surface area contributed by atoms with Gasteiger partial charge >= 0.3 is 0 Å². The summed E-state index contributed by atoms with van der Waals surface area (Å²) >= 11 is 0. The predicted octanol–water partition coefficient (Wildman–Crippen LogP) is 3.79. The van der Waals surface area contributed by atoms with Crippen LogP contribution >= 0.6 is 0 Å². The van der Waals surface area contributed by atoms with Crippen molar-refractivity contribution in [3.05, 3.63) is 12.2 Å². The summed E-state index contributed by atoms with van der Waals surface area (Å²) in [5.74, 6) is 0. The van der Waals surface area contributed by atoms with Crippen LogP contribution in [-0.4, -0.2) is 6.29 Å². The van der Waals surface area contributed by atoms with Gasteiger partial charge < -0.3 is 0 Å². The first-order valence-corrected chi connectivity index (χ1v) is 5.44. The van der Waals surface area contributed by atoms with Crippen molar-refractivity contribution in [2.45, 2.75) is 58.3 Å². The fourth-order valence-corrected chi connectivity index (χ4v) is 1.35. The molecule has 0 unspecified atom stereocenters. The molecule has 0 atom stereocenters. The molecule has 0 aliphatic rings. The van der Waals surface area contributed by atoms with E-state index in [1.54, 1.807) is 6.29 Å². The van der Waals surface area contributed by atoms with Crippen LogP contribution in [0.5, 0.6) is 0 Å². The van der Waals surface area contributed by atoms with E-state index in [-0.39, 0.29) is 0 Å². The van der Waals surface area contributed by atoms with E-state index in [0.717, 1.165) is 6.42 Å². The molecule has 0 fully saturated rings. The summed E-state index contributed by atoms with van der Waals surface area (Å²) in [6, 6.07) is 0. The van der Waals surface area contributed by atoms with Crippen LogP contribution in [0.4, 0.5) is 0 Å². The lowest BCUT2D eigenvalue weighted by Crippen LogP contribution is -1.78. The van der Waals surface area contributed by atoms with E-state index >= 15 is 0 Å². The number of carbonyl (C=O) groups excluding carboxylic acids is 1. The normalized spacial score (nSPS) is 10.8. The Morgan fingerprint density at radius 1 is 1.00 bits per heavy atom. The molecule has 0 aliphatic heterocycles. The van der Waals surface area contributed by atoms with Crippen molar-refractivity contribution in [1.82, 2.24) is 0 Å². The number of rotatable bonds is 9. The molecule has 1 nitrogen and oxygen atoms in total. The van der Waals surface area contributed by atoms with Crippen LogP contribution in [0, 0.1) is 0 Å². The molecule has 13 heavy (non-hydrogen) atoms. The molecule has 0 spiro atoms. The predicted molar refractivity (Wildman–Crippen MR) is 57.4 cm³/mol. The van der Waals surface area contributed by atoms with Gasteiger partial charge in [-0.25, -0.2) is 0 Å². The molecule has 0 amide bonds. The van der Waals surface area contributed by atoms with Gasteiger partial charge in [-0.15, -0.1) is 0 Å². The minimum Gasteiger partial charge on any atom is -0.286 e. The standard InChI is InChI=1S/C12H21O/c1-2-3-4-5-6-7-8-9-10-11-12-13/h10-11H,2-9H2,1H3. The van der Waals surface area contributed by atoms with Gasteiger partial charge in [0.1, 0.15) is 0 Å². The topological polar surface area (TPSA) is 17.1 Å². The fourth-order valence-electron chi connectivity index (χ4n) is 1.35. The lowest BCUT2D eigenvalue weighted by atomic mass is 10.1. The van der Waals surface area contributed by atoms with Gasteiger partial charge in [0.25, 0.3) is 0 Å². The summed E-state index contributed by atoms with van der Waals surface area (Å²) in [5.41, 5.74) is 0. The summed E-state index contributed by atoms with van der Waals surface area (Å²) in [6.07, 6.45) is 15.5. The summed E-state index contributed by atoms with van der Waals surface area (Å²) in [7, 11) is 0. The van der Waals surface area contributed by atoms with Crippen LogP contribution in [0.25, 0.3) is 0 Å². The molecule has 0 aliphatic carbocycles. The maximum atomic E-state index is 9.80. The quantitative estimate of drug-likeness (QED) is 0.390. The molecular formula is C12H21O. The Balaban J connectivity index is 2.91. The zero-order chi connectivity index (χ0) is 9.78. The summed E-state index contributed by atoms with van der Waals surface area (Å²) in [6.45, 7) is 2.24. The SMILES string of the molecule is CCCCCCCCCC=C[C]=O. The van der Waals surface area contributed by atoms with Gasteiger partial charge in [0.05, 0.1) is 0 Å². The zero-order valence-corrected chi connectivity index (χ0v) is 8.72. The summed E-state index contributed by atoms with van der Waals surface area (Å²) in [4.78, 5) is 9.80. The summed E-state index contributed by atoms with van der Waals surface area (Å²) < 4.78 is 0. The van der Waals surface area contributed by atoms with E-state index in [2.05, 4.69) is 6.92 Å². The van der Waals surface area contributed by atoms with Crippen LogP contribution in [0.15, 0.2) is 12.2 Å². The molecule has 0 aromatic carbocycles. The first-order chi connectivity index (χ1) is 6.41. The van der Waals surface area contributed by atoms with Crippen LogP contribution in [0.2, 0.25) is 0 Å². The molecule has 0 rings (SSSR count). The van der Waals surface area contributed by atoms with Crippen molar-refractivity contribution >= 4 is 6.29 Å². The minimum absolute atomic E-state index is 1.03. The molecule has 0 aromatic rings. The van der Waals surface area contributed by atoms with Crippen molar-refractivity contribution in [3.63, 3.8) is 0 Å². The van der Waals surface area contributed by atoms with E-state index in [4.69, 9.17) is 0 Å².